The molecule has 1 aromatic heterocycles. The predicted molar refractivity (Wildman–Crippen MR) is 92.2 cm³/mol. The van der Waals surface area contributed by atoms with Gasteiger partial charge in [0.25, 0.3) is 5.69 Å². The second kappa shape index (κ2) is 6.92. The number of benzene rings is 1. The molecule has 0 radical (unpaired) electrons. The number of para-hydroxylation sites is 1. The van der Waals surface area contributed by atoms with Crippen LogP contribution in [-0.4, -0.2) is 37.3 Å². The van der Waals surface area contributed by atoms with E-state index in [4.69, 9.17) is 10.8 Å². The van der Waals surface area contributed by atoms with Crippen molar-refractivity contribution in [1.29, 1.82) is 0 Å². The van der Waals surface area contributed by atoms with Crippen molar-refractivity contribution < 1.29 is 14.8 Å². The highest BCUT2D eigenvalue weighted by Crippen LogP contribution is 2.38. The Hall–Kier alpha value is -3.27. The Bertz CT molecular complexity index is 904. The normalized spacial score (nSPS) is 16.2. The molecule has 10 nitrogen and oxygen atoms in total. The van der Waals surface area contributed by atoms with Crippen LogP contribution in [0.15, 0.2) is 35.5 Å². The first-order chi connectivity index (χ1) is 12.4. The van der Waals surface area contributed by atoms with Crippen LogP contribution in [0.2, 0.25) is 0 Å². The van der Waals surface area contributed by atoms with Gasteiger partial charge in [-0.3, -0.25) is 14.9 Å². The number of nitro groups is 1. The predicted octanol–water partition coefficient (Wildman–Crippen LogP) is 0.885. The number of nitrogens with one attached hydrogen (secondary N) is 1. The van der Waals surface area contributed by atoms with Gasteiger partial charge in [-0.15, -0.1) is 0 Å². The minimum absolute atomic E-state index is 0.00526. The topological polar surface area (TPSA) is 149 Å². The minimum Gasteiger partial charge on any atom is -0.396 e. The molecular formula is C16H18N6O4. The van der Waals surface area contributed by atoms with Crippen LogP contribution in [0.4, 0.5) is 11.6 Å². The van der Waals surface area contributed by atoms with Crippen LogP contribution in [0.5, 0.6) is 0 Å². The molecule has 0 spiro atoms. The number of nitrogens with zero attached hydrogens (tertiary/aromatic N) is 4. The van der Waals surface area contributed by atoms with Crippen LogP contribution in [0.25, 0.3) is 0 Å². The molecule has 0 unspecified atom stereocenters. The van der Waals surface area contributed by atoms with Crippen molar-refractivity contribution in [3.8, 4) is 0 Å². The first kappa shape index (κ1) is 17.5. The number of fused-ring (bicyclic) bond motifs is 1. The molecule has 0 bridgehead atoms. The third-order valence-electron chi connectivity index (χ3n) is 4.15. The van der Waals surface area contributed by atoms with Gasteiger partial charge in [-0.1, -0.05) is 12.1 Å². The van der Waals surface area contributed by atoms with Crippen LogP contribution in [0.3, 0.4) is 0 Å². The molecule has 0 saturated carbocycles. The van der Waals surface area contributed by atoms with Crippen LogP contribution >= 0.6 is 0 Å². The fourth-order valence-electron chi connectivity index (χ4n) is 3.03. The average molecular weight is 358 g/mol. The summed E-state index contributed by atoms with van der Waals surface area (Å²) in [5.74, 6) is 0.128. The number of carbonyl (C=O) groups is 1. The molecule has 1 aliphatic rings. The fraction of sp³-hybridized carbons (Fsp3) is 0.312. The van der Waals surface area contributed by atoms with Crippen LogP contribution in [0, 0.1) is 10.1 Å². The number of nitrogens with two attached hydrogens (primary N) is 1. The van der Waals surface area contributed by atoms with E-state index in [0.717, 1.165) is 0 Å². The van der Waals surface area contributed by atoms with Gasteiger partial charge < -0.3 is 16.2 Å². The highest BCUT2D eigenvalue weighted by molar-refractivity contribution is 5.95. The molecule has 3 rings (SSSR count). The third kappa shape index (κ3) is 3.02. The molecule has 136 valence electrons. The Labute approximate surface area is 148 Å². The zero-order valence-corrected chi connectivity index (χ0v) is 14.0. The number of nitro benzene ring substituents is 1. The Morgan fingerprint density at radius 2 is 2.19 bits per heavy atom. The summed E-state index contributed by atoms with van der Waals surface area (Å²) in [4.78, 5) is 27.4. The van der Waals surface area contributed by atoms with E-state index in [1.165, 1.54) is 10.7 Å². The Balaban J connectivity index is 2.19. The van der Waals surface area contributed by atoms with Crippen molar-refractivity contribution in [2.75, 3.05) is 11.9 Å². The van der Waals surface area contributed by atoms with Gasteiger partial charge in [0, 0.05) is 24.8 Å². The quantitative estimate of drug-likeness (QED) is 0.512. The lowest BCUT2D eigenvalue weighted by Crippen LogP contribution is -2.32. The third-order valence-corrected chi connectivity index (χ3v) is 4.15. The Kier molecular flexibility index (Phi) is 4.67. The molecule has 1 aromatic carbocycles. The van der Waals surface area contributed by atoms with Crippen molar-refractivity contribution in [3.63, 3.8) is 0 Å². The first-order valence-corrected chi connectivity index (χ1v) is 8.01. The molecule has 0 saturated heterocycles. The molecule has 1 aliphatic heterocycles. The van der Waals surface area contributed by atoms with Gasteiger partial charge >= 0.3 is 0 Å². The summed E-state index contributed by atoms with van der Waals surface area (Å²) in [6, 6.07) is 5.29. The van der Waals surface area contributed by atoms with Gasteiger partial charge in [-0.2, -0.15) is 10.1 Å². The number of hydrogen-bond acceptors (Lipinski definition) is 7. The highest BCUT2D eigenvalue weighted by atomic mass is 16.6. The van der Waals surface area contributed by atoms with E-state index in [-0.39, 0.29) is 17.9 Å². The van der Waals surface area contributed by atoms with Gasteiger partial charge in [0.2, 0.25) is 11.9 Å². The molecule has 0 aliphatic carbocycles. The number of primary amides is 1. The summed E-state index contributed by atoms with van der Waals surface area (Å²) < 4.78 is 1.43. The number of amides is 1. The number of aliphatic hydroxyl groups excluding tert-OH is 1. The number of rotatable bonds is 6. The van der Waals surface area contributed by atoms with E-state index in [1.807, 2.05) is 0 Å². The number of aryl methyl sites for hydroxylation is 1. The number of hydrogen-bond donors (Lipinski definition) is 3. The number of allylic oxidation sites excluding steroid dienone is 1. The van der Waals surface area contributed by atoms with Gasteiger partial charge in [0.15, 0.2) is 5.82 Å². The summed E-state index contributed by atoms with van der Waals surface area (Å²) in [6.45, 7) is 1.65. The Morgan fingerprint density at radius 3 is 2.85 bits per heavy atom. The van der Waals surface area contributed by atoms with E-state index in [9.17, 15) is 14.9 Å². The minimum atomic E-state index is -0.860. The average Bonchev–Trinajstić information content (AvgIpc) is 3.00. The molecule has 1 amide bonds. The summed E-state index contributed by atoms with van der Waals surface area (Å²) >= 11 is 0. The van der Waals surface area contributed by atoms with Gasteiger partial charge in [0.1, 0.15) is 6.04 Å². The van der Waals surface area contributed by atoms with Crippen molar-refractivity contribution in [2.24, 2.45) is 5.73 Å². The summed E-state index contributed by atoms with van der Waals surface area (Å²) in [5, 5.41) is 27.8. The molecule has 0 fully saturated rings. The molecular weight excluding hydrogens is 340 g/mol. The zero-order valence-electron chi connectivity index (χ0n) is 14.0. The molecule has 4 N–H and O–H groups in total. The van der Waals surface area contributed by atoms with Crippen molar-refractivity contribution in [2.45, 2.75) is 25.8 Å². The monoisotopic (exact) mass is 358 g/mol. The van der Waals surface area contributed by atoms with Crippen molar-refractivity contribution >= 4 is 17.5 Å². The lowest BCUT2D eigenvalue weighted by atomic mass is 9.94. The second-order valence-corrected chi connectivity index (χ2v) is 5.87. The van der Waals surface area contributed by atoms with Crippen molar-refractivity contribution in [3.05, 3.63) is 57.0 Å². The zero-order chi connectivity index (χ0) is 18.8. The summed E-state index contributed by atoms with van der Waals surface area (Å²) in [6.07, 6.45) is 0.918. The van der Waals surface area contributed by atoms with E-state index in [1.54, 1.807) is 25.1 Å². The van der Waals surface area contributed by atoms with Gasteiger partial charge in [0.05, 0.1) is 16.1 Å². The highest BCUT2D eigenvalue weighted by Gasteiger charge is 2.36. The number of aliphatic hydroxyl groups is 1. The van der Waals surface area contributed by atoms with Crippen LogP contribution in [0.1, 0.15) is 30.8 Å². The maximum Gasteiger partial charge on any atom is 0.275 e. The second-order valence-electron chi connectivity index (χ2n) is 5.87. The number of anilines is 1. The molecule has 2 heterocycles. The van der Waals surface area contributed by atoms with E-state index in [0.29, 0.717) is 35.9 Å². The first-order valence-electron chi connectivity index (χ1n) is 8.01. The van der Waals surface area contributed by atoms with Crippen LogP contribution in [-0.2, 0) is 11.2 Å². The number of carbonyl (C=O) groups excluding carboxylic acids is 1. The maximum atomic E-state index is 12.1. The molecule has 26 heavy (non-hydrogen) atoms. The maximum absolute atomic E-state index is 12.1. The summed E-state index contributed by atoms with van der Waals surface area (Å²) in [5.41, 5.74) is 6.37. The SMILES string of the molecule is CC1=C(C(N)=O)[C@H](c2ccccc2[N+](=O)[O-])n2nc(CCCO)nc2N1. The smallest absolute Gasteiger partial charge is 0.275 e. The summed E-state index contributed by atoms with van der Waals surface area (Å²) in [7, 11) is 0. The van der Waals surface area contributed by atoms with E-state index in [2.05, 4.69) is 15.4 Å². The Morgan fingerprint density at radius 1 is 1.46 bits per heavy atom. The van der Waals surface area contributed by atoms with Crippen molar-refractivity contribution in [1.82, 2.24) is 14.8 Å². The lowest BCUT2D eigenvalue weighted by molar-refractivity contribution is -0.385. The molecule has 1 atom stereocenters. The van der Waals surface area contributed by atoms with E-state index >= 15 is 0 Å². The van der Waals surface area contributed by atoms with Gasteiger partial charge in [-0.25, -0.2) is 4.68 Å². The number of aromatic nitrogens is 3. The largest absolute Gasteiger partial charge is 0.396 e. The standard InChI is InChI=1S/C16H18N6O4/c1-9-13(15(17)24)14(10-5-2-3-6-11(10)22(25)26)21-16(18-9)19-12(20-21)7-4-8-23/h2-3,5-6,14,23H,4,7-8H2,1H3,(H2,17,24)(H,18,19,20)/t14-/m0/s1. The van der Waals surface area contributed by atoms with Crippen LogP contribution < -0.4 is 11.1 Å². The lowest BCUT2D eigenvalue weighted by Gasteiger charge is -2.27. The van der Waals surface area contributed by atoms with Gasteiger partial charge in [-0.05, 0) is 19.4 Å². The molecule has 2 aromatic rings. The van der Waals surface area contributed by atoms with E-state index < -0.39 is 16.9 Å². The molecule has 10 heteroatoms. The fourth-order valence-corrected chi connectivity index (χ4v) is 3.03.